The molecule has 178 valence electrons. The van der Waals surface area contributed by atoms with Crippen molar-refractivity contribution in [3.8, 4) is 11.1 Å². The second kappa shape index (κ2) is 11.1. The second-order valence-corrected chi connectivity index (χ2v) is 9.59. The minimum Gasteiger partial charge on any atom is -0.206 e. The molecule has 3 aromatic rings. The highest BCUT2D eigenvalue weighted by atomic mass is 19.2. The van der Waals surface area contributed by atoms with E-state index in [-0.39, 0.29) is 16.5 Å². The van der Waals surface area contributed by atoms with Crippen LogP contribution >= 0.6 is 0 Å². The maximum absolute atomic E-state index is 14.9. The first-order valence-electron chi connectivity index (χ1n) is 12.4. The van der Waals surface area contributed by atoms with Gasteiger partial charge in [-0.3, -0.25) is 0 Å². The van der Waals surface area contributed by atoms with Crippen LogP contribution in [0.15, 0.2) is 61.2 Å². The van der Waals surface area contributed by atoms with Gasteiger partial charge in [-0.2, -0.15) is 0 Å². The summed E-state index contributed by atoms with van der Waals surface area (Å²) in [6.45, 7) is 5.61. The Labute approximate surface area is 201 Å². The third kappa shape index (κ3) is 5.29. The summed E-state index contributed by atoms with van der Waals surface area (Å²) < 4.78 is 44.2. The zero-order valence-corrected chi connectivity index (χ0v) is 19.9. The molecule has 1 aliphatic carbocycles. The third-order valence-corrected chi connectivity index (χ3v) is 7.42. The van der Waals surface area contributed by atoms with Crippen molar-refractivity contribution in [3.05, 3.63) is 89.8 Å². The molecule has 0 aromatic heterocycles. The van der Waals surface area contributed by atoms with Gasteiger partial charge in [0.2, 0.25) is 0 Å². The van der Waals surface area contributed by atoms with E-state index >= 15 is 0 Å². The van der Waals surface area contributed by atoms with Gasteiger partial charge in [0.05, 0.1) is 5.39 Å². The van der Waals surface area contributed by atoms with Crippen LogP contribution in [0.25, 0.3) is 28.0 Å². The lowest BCUT2D eigenvalue weighted by atomic mass is 9.78. The lowest BCUT2D eigenvalue weighted by Gasteiger charge is -2.28. The lowest BCUT2D eigenvalue weighted by molar-refractivity contribution is 0.254. The van der Waals surface area contributed by atoms with Crippen molar-refractivity contribution >= 4 is 16.8 Å². The van der Waals surface area contributed by atoms with Crippen molar-refractivity contribution in [2.45, 2.75) is 58.3 Å². The molecule has 0 nitrogen and oxygen atoms in total. The molecule has 0 N–H and O–H groups in total. The van der Waals surface area contributed by atoms with Gasteiger partial charge in [-0.25, -0.2) is 13.2 Å². The summed E-state index contributed by atoms with van der Waals surface area (Å²) in [7, 11) is 0. The Balaban J connectivity index is 1.41. The van der Waals surface area contributed by atoms with E-state index in [4.69, 9.17) is 0 Å². The number of halogens is 3. The number of benzene rings is 3. The van der Waals surface area contributed by atoms with E-state index in [0.717, 1.165) is 18.3 Å². The fraction of sp³-hybridized carbons (Fsp3) is 0.355. The van der Waals surface area contributed by atoms with Crippen molar-refractivity contribution < 1.29 is 13.2 Å². The van der Waals surface area contributed by atoms with Crippen LogP contribution in [0.4, 0.5) is 13.2 Å². The van der Waals surface area contributed by atoms with Crippen LogP contribution in [0, 0.1) is 29.3 Å². The molecule has 1 aliphatic rings. The predicted octanol–water partition coefficient (Wildman–Crippen LogP) is 9.66. The van der Waals surface area contributed by atoms with Crippen molar-refractivity contribution in [1.29, 1.82) is 0 Å². The van der Waals surface area contributed by atoms with Crippen LogP contribution in [0.2, 0.25) is 0 Å². The van der Waals surface area contributed by atoms with E-state index in [1.807, 2.05) is 24.3 Å². The van der Waals surface area contributed by atoms with Gasteiger partial charge in [0.25, 0.3) is 0 Å². The van der Waals surface area contributed by atoms with Gasteiger partial charge in [0.15, 0.2) is 11.6 Å². The minimum absolute atomic E-state index is 0.151. The molecule has 0 amide bonds. The molecule has 0 aliphatic heterocycles. The normalized spacial score (nSPS) is 18.6. The monoisotopic (exact) mass is 462 g/mol. The molecule has 4 rings (SSSR count). The van der Waals surface area contributed by atoms with Crippen LogP contribution in [-0.4, -0.2) is 0 Å². The van der Waals surface area contributed by atoms with Crippen LogP contribution in [0.5, 0.6) is 0 Å². The highest BCUT2D eigenvalue weighted by Gasteiger charge is 2.21. The first-order chi connectivity index (χ1) is 16.5. The Kier molecular flexibility index (Phi) is 7.92. The molecule has 34 heavy (non-hydrogen) atoms. The van der Waals surface area contributed by atoms with Crippen molar-refractivity contribution in [1.82, 2.24) is 0 Å². The average Bonchev–Trinajstić information content (AvgIpc) is 2.86. The SMILES string of the molecule is C=Cc1ccc2cc(-c3ccc(CCC4CCC(CC/C=C/C)CC4)cc3)c(F)c(F)c2c1F. The van der Waals surface area contributed by atoms with Gasteiger partial charge in [0, 0.05) is 11.1 Å². The third-order valence-electron chi connectivity index (χ3n) is 7.42. The molecule has 0 atom stereocenters. The summed E-state index contributed by atoms with van der Waals surface area (Å²) in [5.41, 5.74) is 2.11. The Hall–Kier alpha value is -2.81. The summed E-state index contributed by atoms with van der Waals surface area (Å²) in [5, 5.41) is 0.00853. The Bertz CT molecular complexity index is 1170. The number of aryl methyl sites for hydroxylation is 1. The van der Waals surface area contributed by atoms with Crippen LogP contribution < -0.4 is 0 Å². The first kappa shape index (κ1) is 24.3. The summed E-state index contributed by atoms with van der Waals surface area (Å²) in [5.74, 6) is -1.30. The number of allylic oxidation sites excluding steroid dienone is 2. The lowest BCUT2D eigenvalue weighted by Crippen LogP contribution is -2.15. The molecule has 1 saturated carbocycles. The summed E-state index contributed by atoms with van der Waals surface area (Å²) in [6.07, 6.45) is 15.7. The molecule has 1 fully saturated rings. The largest absolute Gasteiger partial charge is 0.206 e. The standard InChI is InChI=1S/C31H33F3/c1-3-5-6-7-21-8-10-22(11-9-21)12-13-23-14-16-25(17-15-23)27-20-26-19-18-24(4-2)29(32)28(26)31(34)30(27)33/h3-5,14-22H,2,6-13H2,1H3/b5-3+. The topological polar surface area (TPSA) is 0 Å². The highest BCUT2D eigenvalue weighted by Crippen LogP contribution is 2.35. The molecule has 0 bridgehead atoms. The Morgan fingerprint density at radius 3 is 2.18 bits per heavy atom. The molecule has 0 saturated heterocycles. The fourth-order valence-electron chi connectivity index (χ4n) is 5.29. The minimum atomic E-state index is -1.15. The molecular formula is C31H33F3. The van der Waals surface area contributed by atoms with Gasteiger partial charge < -0.3 is 0 Å². The average molecular weight is 463 g/mol. The maximum atomic E-state index is 14.9. The highest BCUT2D eigenvalue weighted by molar-refractivity contribution is 5.90. The Morgan fingerprint density at radius 2 is 1.53 bits per heavy atom. The van der Waals surface area contributed by atoms with Crippen LogP contribution in [-0.2, 0) is 6.42 Å². The number of rotatable bonds is 8. The van der Waals surface area contributed by atoms with Crippen molar-refractivity contribution in [2.75, 3.05) is 0 Å². The summed E-state index contributed by atoms with van der Waals surface area (Å²) in [4.78, 5) is 0. The van der Waals surface area contributed by atoms with Gasteiger partial charge in [-0.15, -0.1) is 0 Å². The van der Waals surface area contributed by atoms with Gasteiger partial charge >= 0.3 is 0 Å². The fourth-order valence-corrected chi connectivity index (χ4v) is 5.29. The number of hydrogen-bond donors (Lipinski definition) is 0. The van der Waals surface area contributed by atoms with E-state index < -0.39 is 17.5 Å². The predicted molar refractivity (Wildman–Crippen MR) is 137 cm³/mol. The number of fused-ring (bicyclic) bond motifs is 1. The van der Waals surface area contributed by atoms with Gasteiger partial charge in [-0.05, 0) is 67.0 Å². The molecule has 3 heteroatoms. The van der Waals surface area contributed by atoms with Crippen molar-refractivity contribution in [2.24, 2.45) is 11.8 Å². The van der Waals surface area contributed by atoms with Crippen LogP contribution in [0.1, 0.15) is 63.0 Å². The van der Waals surface area contributed by atoms with Gasteiger partial charge in [-0.1, -0.05) is 86.9 Å². The molecule has 3 aromatic carbocycles. The molecular weight excluding hydrogens is 429 g/mol. The van der Waals surface area contributed by atoms with Crippen LogP contribution in [0.3, 0.4) is 0 Å². The van der Waals surface area contributed by atoms with E-state index in [9.17, 15) is 13.2 Å². The van der Waals surface area contributed by atoms with Crippen molar-refractivity contribution in [3.63, 3.8) is 0 Å². The first-order valence-corrected chi connectivity index (χ1v) is 12.4. The zero-order chi connectivity index (χ0) is 24.1. The van der Waals surface area contributed by atoms with E-state index in [1.54, 1.807) is 6.07 Å². The van der Waals surface area contributed by atoms with E-state index in [1.165, 1.54) is 68.7 Å². The molecule has 0 heterocycles. The summed E-state index contributed by atoms with van der Waals surface area (Å²) in [6, 6.07) is 12.3. The molecule has 0 unspecified atom stereocenters. The quantitative estimate of drug-likeness (QED) is 0.292. The molecule has 0 spiro atoms. The summed E-state index contributed by atoms with van der Waals surface area (Å²) >= 11 is 0. The Morgan fingerprint density at radius 1 is 0.853 bits per heavy atom. The zero-order valence-electron chi connectivity index (χ0n) is 19.9. The van der Waals surface area contributed by atoms with E-state index in [2.05, 4.69) is 25.7 Å². The smallest absolute Gasteiger partial charge is 0.170 e. The van der Waals surface area contributed by atoms with Gasteiger partial charge in [0.1, 0.15) is 5.82 Å². The maximum Gasteiger partial charge on any atom is 0.170 e. The van der Waals surface area contributed by atoms with E-state index in [0.29, 0.717) is 10.9 Å². The molecule has 0 radical (unpaired) electrons. The number of hydrogen-bond acceptors (Lipinski definition) is 0. The second-order valence-electron chi connectivity index (χ2n) is 9.59.